The summed E-state index contributed by atoms with van der Waals surface area (Å²) in [5, 5.41) is 3.99. The normalized spacial score (nSPS) is 10.0. The molecule has 3 nitrogen and oxygen atoms in total. The van der Waals surface area contributed by atoms with E-state index in [1.807, 2.05) is 12.1 Å². The highest BCUT2D eigenvalue weighted by Gasteiger charge is 2.01. The molecular weight excluding hydrogens is 198 g/mol. The van der Waals surface area contributed by atoms with E-state index in [9.17, 15) is 0 Å². The first-order valence-corrected chi connectivity index (χ1v) is 4.85. The van der Waals surface area contributed by atoms with Gasteiger partial charge in [-0.05, 0) is 29.5 Å². The van der Waals surface area contributed by atoms with Gasteiger partial charge in [-0.15, -0.1) is 0 Å². The zero-order valence-corrected chi connectivity index (χ0v) is 8.99. The predicted molar refractivity (Wildman–Crippen MR) is 58.8 cm³/mol. The number of hydrogen-bond acceptors (Lipinski definition) is 1. The Kier molecular flexibility index (Phi) is 3.81. The van der Waals surface area contributed by atoms with Crippen LogP contribution in [0.15, 0.2) is 23.3 Å². The zero-order valence-electron chi connectivity index (χ0n) is 8.24. The van der Waals surface area contributed by atoms with E-state index in [0.29, 0.717) is 16.6 Å². The Morgan fingerprint density at radius 3 is 2.71 bits per heavy atom. The summed E-state index contributed by atoms with van der Waals surface area (Å²) >= 11 is 5.93. The fraction of sp³-hybridized carbons (Fsp3) is 0.400. The maximum Gasteiger partial charge on any atom is 0.0561 e. The molecule has 0 spiro atoms. The smallest absolute Gasteiger partial charge is 0.0561 e. The van der Waals surface area contributed by atoms with Crippen LogP contribution in [0, 0.1) is 5.92 Å². The van der Waals surface area contributed by atoms with E-state index in [-0.39, 0.29) is 0 Å². The molecule has 4 heteroatoms. The van der Waals surface area contributed by atoms with Crippen LogP contribution in [0.3, 0.4) is 0 Å². The van der Waals surface area contributed by atoms with Crippen molar-refractivity contribution < 1.29 is 0 Å². The van der Waals surface area contributed by atoms with Gasteiger partial charge in [0.05, 0.1) is 10.7 Å². The van der Waals surface area contributed by atoms with Crippen molar-refractivity contribution in [1.29, 1.82) is 0 Å². The quantitative estimate of drug-likeness (QED) is 0.400. The SMILES string of the molecule is CC(C)Cc1ccc(N=[N+]=[N-])c(Cl)c1. The molecule has 0 aliphatic carbocycles. The highest BCUT2D eigenvalue weighted by atomic mass is 35.5. The Labute approximate surface area is 88.3 Å². The lowest BCUT2D eigenvalue weighted by atomic mass is 10.0. The van der Waals surface area contributed by atoms with Gasteiger partial charge < -0.3 is 0 Å². The molecule has 0 aliphatic rings. The summed E-state index contributed by atoms with van der Waals surface area (Å²) in [6.07, 6.45) is 0.982. The topological polar surface area (TPSA) is 48.8 Å². The van der Waals surface area contributed by atoms with Gasteiger partial charge in [0.15, 0.2) is 0 Å². The molecule has 0 saturated carbocycles. The Morgan fingerprint density at radius 1 is 1.50 bits per heavy atom. The van der Waals surface area contributed by atoms with Gasteiger partial charge in [0.25, 0.3) is 0 Å². The first-order chi connectivity index (χ1) is 6.63. The van der Waals surface area contributed by atoms with E-state index >= 15 is 0 Å². The molecule has 0 unspecified atom stereocenters. The van der Waals surface area contributed by atoms with Crippen LogP contribution in [0.5, 0.6) is 0 Å². The van der Waals surface area contributed by atoms with E-state index in [2.05, 4.69) is 23.9 Å². The van der Waals surface area contributed by atoms with Crippen LogP contribution in [0.25, 0.3) is 10.4 Å². The first-order valence-electron chi connectivity index (χ1n) is 4.47. The van der Waals surface area contributed by atoms with Crippen LogP contribution in [-0.2, 0) is 6.42 Å². The summed E-state index contributed by atoms with van der Waals surface area (Å²) in [5.41, 5.74) is 9.91. The molecule has 0 fully saturated rings. The fourth-order valence-electron chi connectivity index (χ4n) is 1.28. The summed E-state index contributed by atoms with van der Waals surface area (Å²) in [7, 11) is 0. The highest BCUT2D eigenvalue weighted by molar-refractivity contribution is 6.33. The molecule has 14 heavy (non-hydrogen) atoms. The van der Waals surface area contributed by atoms with Crippen LogP contribution in [0.2, 0.25) is 5.02 Å². The standard InChI is InChI=1S/C10H12ClN3/c1-7(2)5-8-3-4-10(13-14-12)9(11)6-8/h3-4,6-7H,5H2,1-2H3. The van der Waals surface area contributed by atoms with Crippen molar-refractivity contribution in [3.8, 4) is 0 Å². The average Bonchev–Trinajstić information content (AvgIpc) is 2.09. The van der Waals surface area contributed by atoms with Crippen molar-refractivity contribution in [2.45, 2.75) is 20.3 Å². The number of azide groups is 1. The lowest BCUT2D eigenvalue weighted by Crippen LogP contribution is -1.93. The van der Waals surface area contributed by atoms with Crippen LogP contribution < -0.4 is 0 Å². The molecule has 0 aromatic heterocycles. The minimum atomic E-state index is 0.488. The van der Waals surface area contributed by atoms with Crippen molar-refractivity contribution in [3.63, 3.8) is 0 Å². The van der Waals surface area contributed by atoms with E-state index in [4.69, 9.17) is 17.1 Å². The van der Waals surface area contributed by atoms with Crippen LogP contribution in [0.4, 0.5) is 5.69 Å². The molecule has 0 heterocycles. The van der Waals surface area contributed by atoms with E-state index in [1.165, 1.54) is 5.56 Å². The van der Waals surface area contributed by atoms with Crippen molar-refractivity contribution in [2.24, 2.45) is 11.0 Å². The molecule has 0 saturated heterocycles. The number of hydrogen-bond donors (Lipinski definition) is 0. The van der Waals surface area contributed by atoms with E-state index < -0.39 is 0 Å². The molecule has 0 aliphatic heterocycles. The van der Waals surface area contributed by atoms with E-state index in [1.54, 1.807) is 6.07 Å². The predicted octanol–water partition coefficient (Wildman–Crippen LogP) is 4.48. The Hall–Kier alpha value is -1.18. The molecule has 0 amide bonds. The largest absolute Gasteiger partial charge is 0.0838 e. The maximum atomic E-state index is 8.26. The molecule has 0 bridgehead atoms. The average molecular weight is 210 g/mol. The van der Waals surface area contributed by atoms with Crippen molar-refractivity contribution in [3.05, 3.63) is 39.2 Å². The summed E-state index contributed by atoms with van der Waals surface area (Å²) in [6.45, 7) is 4.30. The summed E-state index contributed by atoms with van der Waals surface area (Å²) in [6, 6.07) is 5.54. The van der Waals surface area contributed by atoms with Gasteiger partial charge in [0.2, 0.25) is 0 Å². The van der Waals surface area contributed by atoms with Crippen LogP contribution >= 0.6 is 11.6 Å². The monoisotopic (exact) mass is 209 g/mol. The second-order valence-corrected chi connectivity index (χ2v) is 3.98. The molecule has 0 N–H and O–H groups in total. The van der Waals surface area contributed by atoms with E-state index in [0.717, 1.165) is 6.42 Å². The third kappa shape index (κ3) is 2.95. The molecule has 1 rings (SSSR count). The molecule has 0 atom stereocenters. The minimum absolute atomic E-state index is 0.488. The number of nitrogens with zero attached hydrogens (tertiary/aromatic N) is 3. The Balaban J connectivity index is 2.94. The molecular formula is C10H12ClN3. The molecule has 1 aromatic carbocycles. The van der Waals surface area contributed by atoms with Crippen molar-refractivity contribution >= 4 is 17.3 Å². The van der Waals surface area contributed by atoms with Crippen LogP contribution in [0.1, 0.15) is 19.4 Å². The van der Waals surface area contributed by atoms with Crippen molar-refractivity contribution in [1.82, 2.24) is 0 Å². The summed E-state index contributed by atoms with van der Waals surface area (Å²) < 4.78 is 0. The lowest BCUT2D eigenvalue weighted by molar-refractivity contribution is 0.647. The van der Waals surface area contributed by atoms with Gasteiger partial charge in [-0.2, -0.15) is 0 Å². The minimum Gasteiger partial charge on any atom is -0.0838 e. The van der Waals surface area contributed by atoms with Gasteiger partial charge in [0.1, 0.15) is 0 Å². The highest BCUT2D eigenvalue weighted by Crippen LogP contribution is 2.26. The van der Waals surface area contributed by atoms with Crippen molar-refractivity contribution in [2.75, 3.05) is 0 Å². The Bertz CT molecular complexity index is 368. The summed E-state index contributed by atoms with van der Waals surface area (Å²) in [5.74, 6) is 0.594. The third-order valence-electron chi connectivity index (χ3n) is 1.81. The maximum absolute atomic E-state index is 8.26. The number of halogens is 1. The molecule has 1 aromatic rings. The van der Waals surface area contributed by atoms with Gasteiger partial charge in [-0.25, -0.2) is 0 Å². The lowest BCUT2D eigenvalue weighted by Gasteiger charge is -2.05. The summed E-state index contributed by atoms with van der Waals surface area (Å²) in [4.78, 5) is 2.70. The Morgan fingerprint density at radius 2 is 2.21 bits per heavy atom. The van der Waals surface area contributed by atoms with Gasteiger partial charge in [-0.1, -0.05) is 42.7 Å². The molecule has 0 radical (unpaired) electrons. The second kappa shape index (κ2) is 4.89. The number of rotatable bonds is 3. The van der Waals surface area contributed by atoms with Gasteiger partial charge in [-0.3, -0.25) is 0 Å². The second-order valence-electron chi connectivity index (χ2n) is 3.57. The van der Waals surface area contributed by atoms with Gasteiger partial charge in [0, 0.05) is 4.91 Å². The third-order valence-corrected chi connectivity index (χ3v) is 2.11. The van der Waals surface area contributed by atoms with Gasteiger partial charge >= 0.3 is 0 Å². The number of benzene rings is 1. The zero-order chi connectivity index (χ0) is 10.6. The molecule has 74 valence electrons. The fourth-order valence-corrected chi connectivity index (χ4v) is 1.52. The first kappa shape index (κ1) is 10.9. The van der Waals surface area contributed by atoms with Crippen LogP contribution in [-0.4, -0.2) is 0 Å².